The molecule has 0 atom stereocenters. The standard InChI is InChI=1S/C23H36N6O/c1-4-24-23(25-9-6-10-29-20(3)15-19(2)27-29)26-17-21-7-5-8-22(16-21)18-28-11-13-30-14-12-28/h5,7-8,15-16H,4,6,9-14,17-18H2,1-3H3,(H2,24,25,26). The molecule has 1 fully saturated rings. The number of hydrogen-bond donors (Lipinski definition) is 2. The fraction of sp³-hybridized carbons (Fsp3) is 0.565. The van der Waals surface area contributed by atoms with E-state index in [1.54, 1.807) is 0 Å². The Labute approximate surface area is 180 Å². The van der Waals surface area contributed by atoms with Crippen LogP contribution in [0.5, 0.6) is 0 Å². The van der Waals surface area contributed by atoms with E-state index < -0.39 is 0 Å². The van der Waals surface area contributed by atoms with E-state index in [0.29, 0.717) is 6.54 Å². The number of aryl methyl sites for hydroxylation is 3. The summed E-state index contributed by atoms with van der Waals surface area (Å²) in [5.41, 5.74) is 4.87. The van der Waals surface area contributed by atoms with Gasteiger partial charge in [-0.05, 0) is 44.4 Å². The molecule has 1 saturated heterocycles. The molecule has 1 aromatic carbocycles. The first kappa shape index (κ1) is 22.3. The molecule has 30 heavy (non-hydrogen) atoms. The number of hydrogen-bond acceptors (Lipinski definition) is 4. The van der Waals surface area contributed by atoms with Crippen LogP contribution in [0.2, 0.25) is 0 Å². The van der Waals surface area contributed by atoms with Crippen LogP contribution in [0.15, 0.2) is 35.3 Å². The third-order valence-electron chi connectivity index (χ3n) is 5.21. The predicted octanol–water partition coefficient (Wildman–Crippen LogP) is 2.48. The Morgan fingerprint density at radius 3 is 2.67 bits per heavy atom. The van der Waals surface area contributed by atoms with Crippen molar-refractivity contribution in [2.45, 2.75) is 46.8 Å². The molecule has 0 amide bonds. The maximum Gasteiger partial charge on any atom is 0.191 e. The number of aliphatic imine (C=N–C) groups is 1. The average molecular weight is 413 g/mol. The number of aromatic nitrogens is 2. The van der Waals surface area contributed by atoms with E-state index >= 15 is 0 Å². The van der Waals surface area contributed by atoms with Gasteiger partial charge in [0, 0.05) is 45.0 Å². The van der Waals surface area contributed by atoms with Gasteiger partial charge in [0.2, 0.25) is 0 Å². The van der Waals surface area contributed by atoms with Crippen LogP contribution in [0.3, 0.4) is 0 Å². The van der Waals surface area contributed by atoms with Crippen LogP contribution in [0.1, 0.15) is 35.9 Å². The summed E-state index contributed by atoms with van der Waals surface area (Å²) in [5.74, 6) is 0.865. The molecule has 2 N–H and O–H groups in total. The molecule has 0 radical (unpaired) electrons. The Hall–Kier alpha value is -2.38. The second kappa shape index (κ2) is 11.7. The molecule has 2 aromatic rings. The maximum atomic E-state index is 5.44. The topological polar surface area (TPSA) is 66.7 Å². The van der Waals surface area contributed by atoms with Gasteiger partial charge in [-0.25, -0.2) is 4.99 Å². The average Bonchev–Trinajstić information content (AvgIpc) is 3.07. The number of benzene rings is 1. The van der Waals surface area contributed by atoms with E-state index in [-0.39, 0.29) is 0 Å². The van der Waals surface area contributed by atoms with Crippen LogP contribution in [0.25, 0.3) is 0 Å². The van der Waals surface area contributed by atoms with Crippen molar-refractivity contribution in [1.29, 1.82) is 0 Å². The van der Waals surface area contributed by atoms with Crippen LogP contribution >= 0.6 is 0 Å². The monoisotopic (exact) mass is 412 g/mol. The van der Waals surface area contributed by atoms with Crippen molar-refractivity contribution < 1.29 is 4.74 Å². The Kier molecular flexibility index (Phi) is 8.71. The van der Waals surface area contributed by atoms with Crippen molar-refractivity contribution in [2.24, 2.45) is 4.99 Å². The highest BCUT2D eigenvalue weighted by atomic mass is 16.5. The van der Waals surface area contributed by atoms with Gasteiger partial charge < -0.3 is 15.4 Å². The van der Waals surface area contributed by atoms with Gasteiger partial charge in [-0.15, -0.1) is 0 Å². The number of nitrogens with zero attached hydrogens (tertiary/aromatic N) is 4. The number of nitrogens with one attached hydrogen (secondary N) is 2. The van der Waals surface area contributed by atoms with Gasteiger partial charge in [0.05, 0.1) is 25.5 Å². The van der Waals surface area contributed by atoms with Gasteiger partial charge in [0.15, 0.2) is 5.96 Å². The van der Waals surface area contributed by atoms with Crippen LogP contribution < -0.4 is 10.6 Å². The Bertz CT molecular complexity index is 810. The van der Waals surface area contributed by atoms with Crippen molar-refractivity contribution in [3.8, 4) is 0 Å². The van der Waals surface area contributed by atoms with Crippen molar-refractivity contribution >= 4 is 5.96 Å². The van der Waals surface area contributed by atoms with E-state index in [4.69, 9.17) is 9.73 Å². The van der Waals surface area contributed by atoms with E-state index in [2.05, 4.69) is 69.5 Å². The summed E-state index contributed by atoms with van der Waals surface area (Å²) in [6.45, 7) is 14.2. The van der Waals surface area contributed by atoms with Crippen LogP contribution in [0, 0.1) is 13.8 Å². The van der Waals surface area contributed by atoms with Gasteiger partial charge in [0.25, 0.3) is 0 Å². The molecule has 1 aliphatic rings. The quantitative estimate of drug-likeness (QED) is 0.376. The molecule has 0 aliphatic carbocycles. The fourth-order valence-electron chi connectivity index (χ4n) is 3.69. The second-order valence-electron chi connectivity index (χ2n) is 7.83. The molecule has 0 spiro atoms. The van der Waals surface area contributed by atoms with Crippen LogP contribution in [0.4, 0.5) is 0 Å². The first-order valence-electron chi connectivity index (χ1n) is 11.0. The molecule has 1 aliphatic heterocycles. The molecular formula is C23H36N6O. The van der Waals surface area contributed by atoms with Gasteiger partial charge in [-0.3, -0.25) is 9.58 Å². The lowest BCUT2D eigenvalue weighted by molar-refractivity contribution is 0.0342. The summed E-state index contributed by atoms with van der Waals surface area (Å²) in [5, 5.41) is 11.3. The third kappa shape index (κ3) is 7.15. The molecule has 0 saturated carbocycles. The zero-order chi connectivity index (χ0) is 21.2. The smallest absolute Gasteiger partial charge is 0.191 e. The summed E-state index contributed by atoms with van der Waals surface area (Å²) in [6.07, 6.45) is 1.00. The van der Waals surface area contributed by atoms with E-state index in [1.165, 1.54) is 16.8 Å². The summed E-state index contributed by atoms with van der Waals surface area (Å²) in [7, 11) is 0. The first-order valence-corrected chi connectivity index (χ1v) is 11.0. The van der Waals surface area contributed by atoms with E-state index in [9.17, 15) is 0 Å². The van der Waals surface area contributed by atoms with E-state index in [0.717, 1.165) is 70.6 Å². The van der Waals surface area contributed by atoms with Crippen molar-refractivity contribution in [3.63, 3.8) is 0 Å². The number of rotatable bonds is 9. The molecule has 0 bridgehead atoms. The van der Waals surface area contributed by atoms with Crippen molar-refractivity contribution in [2.75, 3.05) is 39.4 Å². The summed E-state index contributed by atoms with van der Waals surface area (Å²) >= 11 is 0. The minimum atomic E-state index is 0.670. The molecule has 2 heterocycles. The minimum Gasteiger partial charge on any atom is -0.379 e. The van der Waals surface area contributed by atoms with Crippen LogP contribution in [-0.2, 0) is 24.4 Å². The predicted molar refractivity (Wildman–Crippen MR) is 122 cm³/mol. The normalized spacial score (nSPS) is 15.4. The summed E-state index contributed by atoms with van der Waals surface area (Å²) < 4.78 is 7.51. The zero-order valence-corrected chi connectivity index (χ0v) is 18.7. The highest BCUT2D eigenvalue weighted by molar-refractivity contribution is 5.79. The largest absolute Gasteiger partial charge is 0.379 e. The highest BCUT2D eigenvalue weighted by Crippen LogP contribution is 2.11. The molecule has 7 nitrogen and oxygen atoms in total. The number of morpholine rings is 1. The lowest BCUT2D eigenvalue weighted by Gasteiger charge is -2.26. The highest BCUT2D eigenvalue weighted by Gasteiger charge is 2.10. The van der Waals surface area contributed by atoms with Crippen molar-refractivity contribution in [1.82, 2.24) is 25.3 Å². The number of guanidine groups is 1. The first-order chi connectivity index (χ1) is 14.6. The van der Waals surface area contributed by atoms with Gasteiger partial charge in [-0.1, -0.05) is 24.3 Å². The molecular weight excluding hydrogens is 376 g/mol. The molecule has 1 aromatic heterocycles. The zero-order valence-electron chi connectivity index (χ0n) is 18.7. The SMILES string of the molecule is CCNC(=NCc1cccc(CN2CCOCC2)c1)NCCCn1nc(C)cc1C. The van der Waals surface area contributed by atoms with Gasteiger partial charge in [-0.2, -0.15) is 5.10 Å². The minimum absolute atomic E-state index is 0.670. The lowest BCUT2D eigenvalue weighted by Crippen LogP contribution is -2.38. The number of ether oxygens (including phenoxy) is 1. The van der Waals surface area contributed by atoms with Gasteiger partial charge >= 0.3 is 0 Å². The third-order valence-corrected chi connectivity index (χ3v) is 5.21. The van der Waals surface area contributed by atoms with E-state index in [1.807, 2.05) is 6.92 Å². The Balaban J connectivity index is 1.48. The van der Waals surface area contributed by atoms with Gasteiger partial charge in [0.1, 0.15) is 0 Å². The molecule has 0 unspecified atom stereocenters. The molecule has 3 rings (SSSR count). The lowest BCUT2D eigenvalue weighted by atomic mass is 10.1. The molecule has 164 valence electrons. The second-order valence-corrected chi connectivity index (χ2v) is 7.83. The molecule has 7 heteroatoms. The Morgan fingerprint density at radius 1 is 1.13 bits per heavy atom. The van der Waals surface area contributed by atoms with Crippen molar-refractivity contribution in [3.05, 3.63) is 52.8 Å². The maximum absolute atomic E-state index is 5.44. The summed E-state index contributed by atoms with van der Waals surface area (Å²) in [4.78, 5) is 7.22. The van der Waals surface area contributed by atoms with Crippen LogP contribution in [-0.4, -0.2) is 60.0 Å². The summed E-state index contributed by atoms with van der Waals surface area (Å²) in [6, 6.07) is 10.9. The fourth-order valence-corrected chi connectivity index (χ4v) is 3.69. The Morgan fingerprint density at radius 2 is 1.93 bits per heavy atom.